The Morgan fingerprint density at radius 2 is 1.53 bits per heavy atom. The summed E-state index contributed by atoms with van der Waals surface area (Å²) in [6.07, 6.45) is -10.2. The minimum Gasteiger partial charge on any atom is -0.476 e. The van der Waals surface area contributed by atoms with Gasteiger partial charge in [0.2, 0.25) is 5.88 Å². The van der Waals surface area contributed by atoms with E-state index in [1.165, 1.54) is 0 Å². The normalized spacial score (nSPS) is 13.2. The summed E-state index contributed by atoms with van der Waals surface area (Å²) in [6, 6.07) is 4.18. The van der Waals surface area contributed by atoms with Gasteiger partial charge in [0, 0.05) is 31.7 Å². The number of hydrogen-bond acceptors (Lipinski definition) is 6. The number of halogens is 6. The second-order valence-corrected chi connectivity index (χ2v) is 5.44. The molecule has 14 heteroatoms. The van der Waals surface area contributed by atoms with E-state index in [1.54, 1.807) is 0 Å². The lowest BCUT2D eigenvalue weighted by Crippen LogP contribution is -2.23. The monoisotopic (exact) mass is 449 g/mol. The molecule has 0 saturated carbocycles. The van der Waals surface area contributed by atoms with E-state index in [-0.39, 0.29) is 0 Å². The Morgan fingerprint density at radius 1 is 1.07 bits per heavy atom. The number of carboxylic acids is 2. The van der Waals surface area contributed by atoms with Crippen LogP contribution in [0, 0.1) is 0 Å². The average molecular weight is 449 g/mol. The van der Waals surface area contributed by atoms with E-state index in [0.717, 1.165) is 43.4 Å². The second kappa shape index (κ2) is 12.0. The molecule has 2 rings (SSSR count). The van der Waals surface area contributed by atoms with Crippen LogP contribution < -0.4 is 15.0 Å². The third-order valence-electron chi connectivity index (χ3n) is 3.33. The van der Waals surface area contributed by atoms with Crippen LogP contribution in [0.15, 0.2) is 12.1 Å². The van der Waals surface area contributed by atoms with Crippen molar-refractivity contribution >= 4 is 17.8 Å². The highest BCUT2D eigenvalue weighted by atomic mass is 19.4. The zero-order valence-electron chi connectivity index (χ0n) is 16.0. The van der Waals surface area contributed by atoms with Crippen LogP contribution in [0.2, 0.25) is 0 Å². The molecule has 3 N–H and O–H groups in total. The lowest BCUT2D eigenvalue weighted by Gasteiger charge is -2.20. The minimum atomic E-state index is -5.08. The van der Waals surface area contributed by atoms with E-state index in [2.05, 4.69) is 41.2 Å². The van der Waals surface area contributed by atoms with E-state index < -0.39 is 24.3 Å². The van der Waals surface area contributed by atoms with Crippen LogP contribution in [0.3, 0.4) is 0 Å². The van der Waals surface area contributed by atoms with Crippen LogP contribution in [0.5, 0.6) is 5.88 Å². The molecule has 2 heterocycles. The van der Waals surface area contributed by atoms with Gasteiger partial charge in [-0.05, 0) is 26.0 Å². The number of aliphatic carboxylic acids is 2. The topological polar surface area (TPSA) is 112 Å². The van der Waals surface area contributed by atoms with Gasteiger partial charge in [0.05, 0.1) is 0 Å². The summed E-state index contributed by atoms with van der Waals surface area (Å²) in [6.45, 7) is 8.65. The molecule has 1 aliphatic rings. The Hall–Kier alpha value is -2.77. The molecule has 30 heavy (non-hydrogen) atoms. The Bertz CT molecular complexity index is 669. The maximum Gasteiger partial charge on any atom is 0.490 e. The minimum absolute atomic E-state index is 0.696. The van der Waals surface area contributed by atoms with Crippen LogP contribution in [0.1, 0.15) is 19.4 Å². The molecule has 0 saturated heterocycles. The number of nitrogens with one attached hydrogen (secondary N) is 1. The van der Waals surface area contributed by atoms with E-state index in [0.29, 0.717) is 6.61 Å². The molecule has 0 bridgehead atoms. The molecule has 8 nitrogen and oxygen atoms in total. The smallest absolute Gasteiger partial charge is 0.476 e. The van der Waals surface area contributed by atoms with Crippen LogP contribution in [0.25, 0.3) is 0 Å². The standard InChI is InChI=1S/C12H19N3O.2C2HF3O2/c1-3-15(4-2)11-6-5-10-9-13-7-8-16-12(10)14-11;2*3-2(4,5)1(6)7/h5-6,13H,3-4,7-9H2,1-2H3;2*(H,6,7). The number of anilines is 1. The highest BCUT2D eigenvalue weighted by molar-refractivity contribution is 5.73. The lowest BCUT2D eigenvalue weighted by molar-refractivity contribution is -0.193. The van der Waals surface area contributed by atoms with E-state index >= 15 is 0 Å². The van der Waals surface area contributed by atoms with Crippen molar-refractivity contribution in [3.63, 3.8) is 0 Å². The fourth-order valence-electron chi connectivity index (χ4n) is 1.89. The molecule has 0 unspecified atom stereocenters. The Kier molecular flexibility index (Phi) is 10.9. The molecule has 172 valence electrons. The third kappa shape index (κ3) is 10.1. The molecule has 0 amide bonds. The summed E-state index contributed by atoms with van der Waals surface area (Å²) >= 11 is 0. The van der Waals surface area contributed by atoms with Crippen molar-refractivity contribution in [2.75, 3.05) is 31.1 Å². The molecule has 1 aliphatic heterocycles. The van der Waals surface area contributed by atoms with E-state index in [9.17, 15) is 26.3 Å². The maximum absolute atomic E-state index is 10.6. The Labute approximate surface area is 167 Å². The number of ether oxygens (including phenoxy) is 1. The summed E-state index contributed by atoms with van der Waals surface area (Å²) < 4.78 is 69.1. The molecule has 1 aromatic rings. The molecule has 0 atom stereocenters. The third-order valence-corrected chi connectivity index (χ3v) is 3.33. The summed E-state index contributed by atoms with van der Waals surface area (Å²) in [5.41, 5.74) is 1.15. The van der Waals surface area contributed by atoms with Crippen molar-refractivity contribution in [3.8, 4) is 5.88 Å². The molecule has 0 fully saturated rings. The summed E-state index contributed by atoms with van der Waals surface area (Å²) in [5.74, 6) is -3.72. The summed E-state index contributed by atoms with van der Waals surface area (Å²) in [4.78, 5) is 24.6. The molecule has 0 spiro atoms. The number of carbonyl (C=O) groups is 2. The van der Waals surface area contributed by atoms with Crippen molar-refractivity contribution in [2.24, 2.45) is 0 Å². The number of pyridine rings is 1. The SMILES string of the molecule is CCN(CC)c1ccc2c(n1)OCCNC2.O=C(O)C(F)(F)F.O=C(O)C(F)(F)F. The van der Waals surface area contributed by atoms with Crippen molar-refractivity contribution in [1.82, 2.24) is 10.3 Å². The number of alkyl halides is 6. The number of aromatic nitrogens is 1. The van der Waals surface area contributed by atoms with Crippen molar-refractivity contribution in [3.05, 3.63) is 17.7 Å². The second-order valence-electron chi connectivity index (χ2n) is 5.44. The zero-order chi connectivity index (χ0) is 23.5. The van der Waals surface area contributed by atoms with Gasteiger partial charge in [0.25, 0.3) is 0 Å². The van der Waals surface area contributed by atoms with Gasteiger partial charge >= 0.3 is 24.3 Å². The first-order chi connectivity index (χ1) is 13.7. The van der Waals surface area contributed by atoms with Crippen LogP contribution >= 0.6 is 0 Å². The lowest BCUT2D eigenvalue weighted by atomic mass is 10.2. The predicted octanol–water partition coefficient (Wildman–Crippen LogP) is 2.68. The van der Waals surface area contributed by atoms with E-state index in [4.69, 9.17) is 24.5 Å². The predicted molar refractivity (Wildman–Crippen MR) is 92.4 cm³/mol. The highest BCUT2D eigenvalue weighted by Crippen LogP contribution is 2.22. The molecular formula is C16H21F6N3O5. The van der Waals surface area contributed by atoms with Crippen molar-refractivity contribution in [2.45, 2.75) is 32.7 Å². The fourth-order valence-corrected chi connectivity index (χ4v) is 1.89. The first-order valence-corrected chi connectivity index (χ1v) is 8.42. The number of rotatable bonds is 3. The van der Waals surface area contributed by atoms with Crippen LogP contribution in [-0.2, 0) is 16.1 Å². The average Bonchev–Trinajstić information content (AvgIpc) is 2.87. The number of nitrogens with zero attached hydrogens (tertiary/aromatic N) is 2. The first kappa shape index (κ1) is 27.2. The summed E-state index contributed by atoms with van der Waals surface area (Å²) in [5, 5.41) is 17.6. The van der Waals surface area contributed by atoms with Gasteiger partial charge in [-0.1, -0.05) is 0 Å². The van der Waals surface area contributed by atoms with Gasteiger partial charge in [-0.25, -0.2) is 9.59 Å². The van der Waals surface area contributed by atoms with Gasteiger partial charge in [-0.3, -0.25) is 0 Å². The Morgan fingerprint density at radius 3 is 1.93 bits per heavy atom. The maximum atomic E-state index is 10.6. The molecule has 0 radical (unpaired) electrons. The largest absolute Gasteiger partial charge is 0.490 e. The van der Waals surface area contributed by atoms with Gasteiger partial charge in [0.15, 0.2) is 0 Å². The molecule has 0 aromatic carbocycles. The molecular weight excluding hydrogens is 428 g/mol. The zero-order valence-corrected chi connectivity index (χ0v) is 16.0. The summed E-state index contributed by atoms with van der Waals surface area (Å²) in [7, 11) is 0. The first-order valence-electron chi connectivity index (χ1n) is 8.42. The van der Waals surface area contributed by atoms with Crippen LogP contribution in [0.4, 0.5) is 32.2 Å². The van der Waals surface area contributed by atoms with Crippen molar-refractivity contribution in [1.29, 1.82) is 0 Å². The molecule has 0 aliphatic carbocycles. The number of fused-ring (bicyclic) bond motifs is 1. The van der Waals surface area contributed by atoms with Gasteiger partial charge in [-0.2, -0.15) is 31.3 Å². The molecule has 1 aromatic heterocycles. The number of hydrogen-bond donors (Lipinski definition) is 3. The Balaban J connectivity index is 0.000000503. The number of carboxylic acid groups (broad SMARTS) is 2. The van der Waals surface area contributed by atoms with Gasteiger partial charge in [0.1, 0.15) is 12.4 Å². The highest BCUT2D eigenvalue weighted by Gasteiger charge is 2.38. The van der Waals surface area contributed by atoms with Crippen molar-refractivity contribution < 1.29 is 50.9 Å². The van der Waals surface area contributed by atoms with Gasteiger partial charge < -0.3 is 25.2 Å². The fraction of sp³-hybridized carbons (Fsp3) is 0.562. The van der Waals surface area contributed by atoms with Gasteiger partial charge in [-0.15, -0.1) is 0 Å². The quantitative estimate of drug-likeness (QED) is 0.604. The van der Waals surface area contributed by atoms with E-state index in [1.807, 2.05) is 0 Å². The van der Waals surface area contributed by atoms with Crippen LogP contribution in [-0.4, -0.2) is 65.7 Å².